The first-order valence-corrected chi connectivity index (χ1v) is 7.21. The minimum atomic E-state index is -0.484. The number of carbonyl (C=O) groups excluding carboxylic acids is 2. The van der Waals surface area contributed by atoms with Crippen LogP contribution in [0, 0.1) is 0 Å². The van der Waals surface area contributed by atoms with Crippen molar-refractivity contribution in [1.29, 1.82) is 0 Å². The zero-order chi connectivity index (χ0) is 16.7. The lowest BCUT2D eigenvalue weighted by molar-refractivity contribution is -0.130. The van der Waals surface area contributed by atoms with E-state index < -0.39 is 5.97 Å². The fourth-order valence-corrected chi connectivity index (χ4v) is 1.83. The summed E-state index contributed by atoms with van der Waals surface area (Å²) in [5.74, 6) is -0.333. The molecule has 23 heavy (non-hydrogen) atoms. The van der Waals surface area contributed by atoms with E-state index in [0.29, 0.717) is 11.3 Å². The number of carbonyl (C=O) groups is 2. The van der Waals surface area contributed by atoms with Crippen molar-refractivity contribution in [1.82, 2.24) is 4.90 Å². The molecule has 120 valence electrons. The molecule has 0 saturated heterocycles. The van der Waals surface area contributed by atoms with E-state index in [9.17, 15) is 9.59 Å². The van der Waals surface area contributed by atoms with Crippen LogP contribution in [0.4, 0.5) is 0 Å². The number of hydrogen-bond donors (Lipinski definition) is 0. The van der Waals surface area contributed by atoms with Gasteiger partial charge in [0, 0.05) is 14.1 Å². The van der Waals surface area contributed by atoms with Crippen molar-refractivity contribution >= 4 is 11.9 Å². The Kier molecular flexibility index (Phi) is 5.74. The highest BCUT2D eigenvalue weighted by Crippen LogP contribution is 2.19. The summed E-state index contributed by atoms with van der Waals surface area (Å²) >= 11 is 0. The Morgan fingerprint density at radius 2 is 1.61 bits per heavy atom. The number of esters is 1. The van der Waals surface area contributed by atoms with Gasteiger partial charge in [0.15, 0.2) is 6.61 Å². The molecule has 0 atom stereocenters. The van der Waals surface area contributed by atoms with Gasteiger partial charge in [-0.1, -0.05) is 42.5 Å². The molecular weight excluding hydrogens is 294 g/mol. The Morgan fingerprint density at radius 1 is 0.957 bits per heavy atom. The second-order valence-corrected chi connectivity index (χ2v) is 5.13. The maximum Gasteiger partial charge on any atom is 0.342 e. The van der Waals surface area contributed by atoms with Crippen LogP contribution in [0.1, 0.15) is 15.9 Å². The van der Waals surface area contributed by atoms with Gasteiger partial charge in [0.2, 0.25) is 0 Å². The van der Waals surface area contributed by atoms with Gasteiger partial charge >= 0.3 is 5.97 Å². The summed E-state index contributed by atoms with van der Waals surface area (Å²) in [7, 11) is 3.29. The van der Waals surface area contributed by atoms with Crippen LogP contribution < -0.4 is 4.74 Å². The topological polar surface area (TPSA) is 55.8 Å². The molecule has 2 aromatic rings. The van der Waals surface area contributed by atoms with Crippen LogP contribution in [0.15, 0.2) is 54.6 Å². The first-order valence-electron chi connectivity index (χ1n) is 7.21. The molecule has 0 aliphatic heterocycles. The van der Waals surface area contributed by atoms with Crippen LogP contribution in [0.25, 0.3) is 0 Å². The Labute approximate surface area is 135 Å². The Balaban J connectivity index is 2.01. The number of likely N-dealkylation sites (N-methyl/N-ethyl adjacent to an activating group) is 1. The van der Waals surface area contributed by atoms with E-state index in [-0.39, 0.29) is 19.1 Å². The molecule has 0 aromatic heterocycles. The molecule has 0 aliphatic carbocycles. The van der Waals surface area contributed by atoms with Crippen LogP contribution in [-0.4, -0.2) is 37.5 Å². The summed E-state index contributed by atoms with van der Waals surface area (Å²) in [5.41, 5.74) is 1.21. The SMILES string of the molecule is CN(C)C(=O)COc1ccccc1C(=O)OCc1ccccc1. The number of nitrogens with zero attached hydrogens (tertiary/aromatic N) is 1. The van der Waals surface area contributed by atoms with Gasteiger partial charge in [0.1, 0.15) is 17.9 Å². The molecule has 5 nitrogen and oxygen atoms in total. The van der Waals surface area contributed by atoms with Gasteiger partial charge in [0.05, 0.1) is 0 Å². The lowest BCUT2D eigenvalue weighted by Crippen LogP contribution is -2.27. The summed E-state index contributed by atoms with van der Waals surface area (Å²) in [4.78, 5) is 25.2. The lowest BCUT2D eigenvalue weighted by atomic mass is 10.2. The van der Waals surface area contributed by atoms with E-state index in [1.165, 1.54) is 4.90 Å². The molecule has 0 bridgehead atoms. The van der Waals surface area contributed by atoms with Gasteiger partial charge in [-0.2, -0.15) is 0 Å². The Bertz CT molecular complexity index is 668. The highest BCUT2D eigenvalue weighted by atomic mass is 16.5. The Hall–Kier alpha value is -2.82. The third-order valence-corrected chi connectivity index (χ3v) is 3.17. The molecule has 0 N–H and O–H groups in total. The van der Waals surface area contributed by atoms with Crippen molar-refractivity contribution in [3.8, 4) is 5.75 Å². The van der Waals surface area contributed by atoms with Gasteiger partial charge in [-0.3, -0.25) is 4.79 Å². The fourth-order valence-electron chi connectivity index (χ4n) is 1.83. The number of hydrogen-bond acceptors (Lipinski definition) is 4. The minimum absolute atomic E-state index is 0.129. The van der Waals surface area contributed by atoms with Gasteiger partial charge in [0.25, 0.3) is 5.91 Å². The fraction of sp³-hybridized carbons (Fsp3) is 0.222. The molecule has 0 unspecified atom stereocenters. The summed E-state index contributed by atoms with van der Waals surface area (Å²) in [6.07, 6.45) is 0. The van der Waals surface area contributed by atoms with Crippen molar-refractivity contribution in [2.45, 2.75) is 6.61 Å². The monoisotopic (exact) mass is 313 g/mol. The molecule has 5 heteroatoms. The summed E-state index contributed by atoms with van der Waals surface area (Å²) in [5, 5.41) is 0. The molecule has 0 spiro atoms. The van der Waals surface area contributed by atoms with Crippen LogP contribution in [0.3, 0.4) is 0 Å². The van der Waals surface area contributed by atoms with Gasteiger partial charge in [-0.15, -0.1) is 0 Å². The average Bonchev–Trinajstić information content (AvgIpc) is 2.58. The molecule has 1 amide bonds. The van der Waals surface area contributed by atoms with E-state index in [4.69, 9.17) is 9.47 Å². The first-order chi connectivity index (χ1) is 11.1. The predicted molar refractivity (Wildman–Crippen MR) is 86.2 cm³/mol. The van der Waals surface area contributed by atoms with Crippen molar-refractivity contribution in [2.24, 2.45) is 0 Å². The van der Waals surface area contributed by atoms with Crippen molar-refractivity contribution in [2.75, 3.05) is 20.7 Å². The average molecular weight is 313 g/mol. The maximum atomic E-state index is 12.2. The molecule has 0 aliphatic rings. The lowest BCUT2D eigenvalue weighted by Gasteiger charge is -2.13. The quantitative estimate of drug-likeness (QED) is 0.769. The second kappa shape index (κ2) is 7.98. The predicted octanol–water partition coefficient (Wildman–Crippen LogP) is 2.51. The smallest absolute Gasteiger partial charge is 0.342 e. The van der Waals surface area contributed by atoms with Gasteiger partial charge in [-0.25, -0.2) is 4.79 Å². The van der Waals surface area contributed by atoms with Crippen LogP contribution in [0.2, 0.25) is 0 Å². The zero-order valence-corrected chi connectivity index (χ0v) is 13.2. The van der Waals surface area contributed by atoms with Crippen LogP contribution >= 0.6 is 0 Å². The molecule has 0 fully saturated rings. The minimum Gasteiger partial charge on any atom is -0.483 e. The third kappa shape index (κ3) is 4.85. The molecular formula is C18H19NO4. The number of ether oxygens (including phenoxy) is 2. The van der Waals surface area contributed by atoms with Gasteiger partial charge < -0.3 is 14.4 Å². The molecule has 2 rings (SSSR count). The van der Waals surface area contributed by atoms with Crippen molar-refractivity contribution in [3.63, 3.8) is 0 Å². The van der Waals surface area contributed by atoms with E-state index in [0.717, 1.165) is 5.56 Å². The Morgan fingerprint density at radius 3 is 2.30 bits per heavy atom. The third-order valence-electron chi connectivity index (χ3n) is 3.17. The summed E-state index contributed by atoms with van der Waals surface area (Å²) in [6.45, 7) is 0.0562. The van der Waals surface area contributed by atoms with Crippen LogP contribution in [-0.2, 0) is 16.1 Å². The maximum absolute atomic E-state index is 12.2. The molecule has 2 aromatic carbocycles. The summed E-state index contributed by atoms with van der Waals surface area (Å²) in [6, 6.07) is 16.1. The number of para-hydroxylation sites is 1. The number of benzene rings is 2. The largest absolute Gasteiger partial charge is 0.483 e. The zero-order valence-electron chi connectivity index (χ0n) is 13.2. The van der Waals surface area contributed by atoms with E-state index in [1.54, 1.807) is 38.4 Å². The van der Waals surface area contributed by atoms with Crippen molar-refractivity contribution < 1.29 is 19.1 Å². The van der Waals surface area contributed by atoms with E-state index >= 15 is 0 Å². The normalized spacial score (nSPS) is 10.0. The van der Waals surface area contributed by atoms with Crippen LogP contribution in [0.5, 0.6) is 5.75 Å². The number of rotatable bonds is 6. The number of amides is 1. The molecule has 0 radical (unpaired) electrons. The van der Waals surface area contributed by atoms with Crippen molar-refractivity contribution in [3.05, 3.63) is 65.7 Å². The molecule has 0 saturated carbocycles. The summed E-state index contributed by atoms with van der Waals surface area (Å²) < 4.78 is 10.7. The van der Waals surface area contributed by atoms with E-state index in [2.05, 4.69) is 0 Å². The van der Waals surface area contributed by atoms with E-state index in [1.807, 2.05) is 30.3 Å². The highest BCUT2D eigenvalue weighted by molar-refractivity contribution is 5.92. The first kappa shape index (κ1) is 16.5. The molecule has 0 heterocycles. The standard InChI is InChI=1S/C18H19NO4/c1-19(2)17(20)13-22-16-11-7-6-10-15(16)18(21)23-12-14-8-4-3-5-9-14/h3-11H,12-13H2,1-2H3. The second-order valence-electron chi connectivity index (χ2n) is 5.13. The highest BCUT2D eigenvalue weighted by Gasteiger charge is 2.15. The van der Waals surface area contributed by atoms with Gasteiger partial charge in [-0.05, 0) is 17.7 Å².